The Hall–Kier alpha value is -1.73. The van der Waals surface area contributed by atoms with Crippen molar-refractivity contribution in [2.45, 2.75) is 23.9 Å². The van der Waals surface area contributed by atoms with E-state index in [2.05, 4.69) is 29.0 Å². The van der Waals surface area contributed by atoms with E-state index in [-0.39, 0.29) is 17.2 Å². The van der Waals surface area contributed by atoms with E-state index in [9.17, 15) is 28.8 Å². The number of fused-ring (bicyclic) bond motifs is 1. The minimum absolute atomic E-state index is 0.0238. The lowest BCUT2D eigenvalue weighted by Crippen LogP contribution is -2.39. The predicted octanol–water partition coefficient (Wildman–Crippen LogP) is -1.40. The van der Waals surface area contributed by atoms with Crippen LogP contribution in [0.5, 0.6) is 0 Å². The van der Waals surface area contributed by atoms with Crippen LogP contribution in [0, 0.1) is 12.3 Å². The van der Waals surface area contributed by atoms with Gasteiger partial charge in [0.1, 0.15) is 30.3 Å². The van der Waals surface area contributed by atoms with Gasteiger partial charge in [0.05, 0.1) is 6.61 Å². The van der Waals surface area contributed by atoms with Gasteiger partial charge in [0.25, 0.3) is 0 Å². The molecule has 0 spiro atoms. The third kappa shape index (κ3) is 5.51. The summed E-state index contributed by atoms with van der Waals surface area (Å²) < 4.78 is 52.4. The second-order valence-electron chi connectivity index (χ2n) is 6.55. The van der Waals surface area contributed by atoms with Crippen molar-refractivity contribution in [3.8, 4) is 12.3 Å². The number of phosphoric acid groups is 3. The zero-order chi connectivity index (χ0) is 24.8. The van der Waals surface area contributed by atoms with Gasteiger partial charge in [0.15, 0.2) is 5.60 Å². The molecule has 0 amide bonds. The van der Waals surface area contributed by atoms with Gasteiger partial charge in [-0.15, -0.1) is 6.42 Å². The van der Waals surface area contributed by atoms with Crippen LogP contribution < -0.4 is 5.73 Å². The van der Waals surface area contributed by atoms with Gasteiger partial charge in [-0.1, -0.05) is 5.92 Å². The van der Waals surface area contributed by atoms with Crippen LogP contribution in [-0.2, 0) is 37.2 Å². The average molecular weight is 530 g/mol. The normalized spacial score (nSPS) is 29.4. The number of nitrogen functional groups attached to an aromatic ring is 1. The number of ether oxygens (including phenoxy) is 1. The second-order valence-corrected chi connectivity index (χ2v) is 11.0. The largest absolute Gasteiger partial charge is 0.490 e. The van der Waals surface area contributed by atoms with E-state index in [4.69, 9.17) is 31.6 Å². The number of nitrogens with two attached hydrogens (primary N) is 1. The summed E-state index contributed by atoms with van der Waals surface area (Å²) in [6.45, 7) is -1.03. The van der Waals surface area contributed by atoms with E-state index < -0.39 is 54.0 Å². The fourth-order valence-corrected chi connectivity index (χ4v) is 6.04. The molecule has 3 rings (SSSR count). The first kappa shape index (κ1) is 25.9. The maximum absolute atomic E-state index is 11.9. The Morgan fingerprint density at radius 2 is 1.85 bits per heavy atom. The third-order valence-corrected chi connectivity index (χ3v) is 8.15. The Kier molecular flexibility index (Phi) is 6.91. The molecule has 1 saturated heterocycles. The van der Waals surface area contributed by atoms with E-state index in [0.717, 1.165) is 0 Å². The van der Waals surface area contributed by atoms with Gasteiger partial charge in [-0.05, 0) is 6.07 Å². The molecule has 33 heavy (non-hydrogen) atoms. The van der Waals surface area contributed by atoms with Crippen molar-refractivity contribution in [2.24, 2.45) is 0 Å². The first-order chi connectivity index (χ1) is 15.1. The maximum atomic E-state index is 11.9. The number of nitrogens with zero attached hydrogens (tertiary/aromatic N) is 3. The van der Waals surface area contributed by atoms with Crippen molar-refractivity contribution in [3.63, 3.8) is 0 Å². The molecule has 1 fully saturated rings. The molecule has 2 aromatic rings. The molecule has 182 valence electrons. The molecule has 0 aromatic carbocycles. The number of anilines is 1. The van der Waals surface area contributed by atoms with Crippen molar-refractivity contribution in [2.75, 3.05) is 12.3 Å². The molecule has 2 unspecified atom stereocenters. The molecule has 1 aliphatic heterocycles. The molecule has 17 nitrogen and oxygen atoms in total. The number of hydrogen-bond donors (Lipinski definition) is 7. The average Bonchev–Trinajstić information content (AvgIpc) is 3.20. The molecule has 3 heterocycles. The fourth-order valence-electron chi connectivity index (χ4n) is 3.01. The highest BCUT2D eigenvalue weighted by Gasteiger charge is 2.55. The highest BCUT2D eigenvalue weighted by molar-refractivity contribution is 7.66. The number of aliphatic hydroxyl groups excluding tert-OH is 2. The highest BCUT2D eigenvalue weighted by Crippen LogP contribution is 2.66. The van der Waals surface area contributed by atoms with E-state index in [0.29, 0.717) is 0 Å². The lowest BCUT2D eigenvalue weighted by atomic mass is 9.89. The van der Waals surface area contributed by atoms with Crippen LogP contribution >= 0.6 is 23.5 Å². The quantitative estimate of drug-likeness (QED) is 0.153. The van der Waals surface area contributed by atoms with Crippen molar-refractivity contribution in [1.82, 2.24) is 14.4 Å². The molecular weight excluding hydrogens is 513 g/mol. The third-order valence-electron chi connectivity index (χ3n) is 4.35. The van der Waals surface area contributed by atoms with E-state index in [1.807, 2.05) is 0 Å². The number of terminal acetylenes is 1. The number of aromatic nitrogens is 3. The molecule has 2 aromatic heterocycles. The van der Waals surface area contributed by atoms with Crippen molar-refractivity contribution in [3.05, 3.63) is 24.2 Å². The molecule has 8 N–H and O–H groups in total. The van der Waals surface area contributed by atoms with Gasteiger partial charge in [0.2, 0.25) is 5.95 Å². The number of aliphatic hydroxyl groups is 2. The van der Waals surface area contributed by atoms with Crippen molar-refractivity contribution >= 4 is 35.1 Å². The van der Waals surface area contributed by atoms with E-state index in [1.165, 1.54) is 23.0 Å². The first-order valence-corrected chi connectivity index (χ1v) is 13.0. The summed E-state index contributed by atoms with van der Waals surface area (Å²) in [5.74, 6) is 2.23. The zero-order valence-electron chi connectivity index (χ0n) is 16.1. The molecule has 0 bridgehead atoms. The minimum Gasteiger partial charge on any atom is -0.387 e. The number of phosphoric ester groups is 1. The number of rotatable bonds is 8. The molecular formula is C13H17N4O13P3. The topological polar surface area (TPSA) is 266 Å². The standard InChI is InChI=1S/C13H17N4O13P3/c1-2-13(7-3-9-15-6-16-12(14)17(9)4-7)11(19)10(18)8(28-13)5-27-32(23,24)30-33(25,26)29-31(20,21)22/h1,3-4,6,8,10-11,18-19H,5H2,(H,23,24)(H,25,26)(H2,14,15,16)(H2,20,21,22)/t8-,10-,11-,13+/m1/s1. The van der Waals surface area contributed by atoms with Crippen molar-refractivity contribution < 1.29 is 61.4 Å². The smallest absolute Gasteiger partial charge is 0.387 e. The summed E-state index contributed by atoms with van der Waals surface area (Å²) in [6.07, 6.45) is 2.90. The van der Waals surface area contributed by atoms with E-state index >= 15 is 0 Å². The number of hydrogen-bond acceptors (Lipinski definition) is 12. The monoisotopic (exact) mass is 530 g/mol. The summed E-state index contributed by atoms with van der Waals surface area (Å²) in [5, 5.41) is 20.9. The van der Waals surface area contributed by atoms with Crippen LogP contribution in [0.1, 0.15) is 5.56 Å². The summed E-state index contributed by atoms with van der Waals surface area (Å²) in [6, 6.07) is 1.39. The van der Waals surface area contributed by atoms with Gasteiger partial charge in [-0.3, -0.25) is 8.92 Å². The Morgan fingerprint density at radius 1 is 1.18 bits per heavy atom. The van der Waals surface area contributed by atoms with Crippen molar-refractivity contribution in [1.29, 1.82) is 0 Å². The lowest BCUT2D eigenvalue weighted by molar-refractivity contribution is -0.0590. The van der Waals surface area contributed by atoms with Crippen LogP contribution in [-0.4, -0.2) is 69.1 Å². The van der Waals surface area contributed by atoms with Crippen LogP contribution in [0.25, 0.3) is 5.65 Å². The first-order valence-electron chi connectivity index (χ1n) is 8.48. The Balaban J connectivity index is 1.78. The van der Waals surface area contributed by atoms with Crippen LogP contribution in [0.4, 0.5) is 5.95 Å². The second kappa shape index (κ2) is 8.81. The van der Waals surface area contributed by atoms with Crippen LogP contribution in [0.2, 0.25) is 0 Å². The molecule has 20 heteroatoms. The molecule has 1 aliphatic rings. The Labute approximate surface area is 184 Å². The van der Waals surface area contributed by atoms with Crippen LogP contribution in [0.15, 0.2) is 18.6 Å². The summed E-state index contributed by atoms with van der Waals surface area (Å²) in [4.78, 5) is 43.5. The summed E-state index contributed by atoms with van der Waals surface area (Å²) in [5.41, 5.74) is 4.13. The summed E-state index contributed by atoms with van der Waals surface area (Å²) >= 11 is 0. The molecule has 0 saturated carbocycles. The van der Waals surface area contributed by atoms with Gasteiger partial charge < -0.3 is 40.3 Å². The fraction of sp³-hybridized carbons (Fsp3) is 0.385. The zero-order valence-corrected chi connectivity index (χ0v) is 18.7. The highest BCUT2D eigenvalue weighted by atomic mass is 31.3. The van der Waals surface area contributed by atoms with E-state index in [1.54, 1.807) is 0 Å². The van der Waals surface area contributed by atoms with Gasteiger partial charge in [0, 0.05) is 11.8 Å². The van der Waals surface area contributed by atoms with Gasteiger partial charge in [-0.25, -0.2) is 23.7 Å². The molecule has 0 aliphatic carbocycles. The maximum Gasteiger partial charge on any atom is 0.490 e. The van der Waals surface area contributed by atoms with Crippen LogP contribution in [0.3, 0.4) is 0 Å². The molecule has 6 atom stereocenters. The van der Waals surface area contributed by atoms with Gasteiger partial charge >= 0.3 is 23.5 Å². The summed E-state index contributed by atoms with van der Waals surface area (Å²) in [7, 11) is -16.8. The van der Waals surface area contributed by atoms with Gasteiger partial charge in [-0.2, -0.15) is 8.62 Å². The molecule has 0 radical (unpaired) electrons. The predicted molar refractivity (Wildman–Crippen MR) is 105 cm³/mol. The minimum atomic E-state index is -5.74. The SMILES string of the molecule is C#C[C@@]1(c2cc3ncnc(N)n3c2)O[C@H](COP(=O)(O)OP(=O)(O)OP(=O)(O)O)[C@@H](O)[C@H]1O. The Morgan fingerprint density at radius 3 is 2.42 bits per heavy atom. The lowest BCUT2D eigenvalue weighted by Gasteiger charge is -2.25. The Bertz CT molecular complexity index is 1240.